The van der Waals surface area contributed by atoms with Gasteiger partial charge in [0.25, 0.3) is 0 Å². The summed E-state index contributed by atoms with van der Waals surface area (Å²) in [5, 5.41) is 14.5. The first kappa shape index (κ1) is 14.7. The van der Waals surface area contributed by atoms with Gasteiger partial charge >= 0.3 is 12.5 Å². The van der Waals surface area contributed by atoms with E-state index in [1.807, 2.05) is 0 Å². The number of hydrogen-bond donors (Lipinski definition) is 2. The maximum Gasteiger partial charge on any atom is 0.573 e. The lowest BCUT2D eigenvalue weighted by Gasteiger charge is -2.09. The first-order valence-electron chi connectivity index (χ1n) is 5.58. The third-order valence-electron chi connectivity index (χ3n) is 2.46. The summed E-state index contributed by atoms with van der Waals surface area (Å²) >= 11 is 0. The predicted octanol–water partition coefficient (Wildman–Crippen LogP) is 3.64. The molecule has 0 unspecified atom stereocenters. The average Bonchev–Trinajstić information content (AvgIpc) is 2.70. The zero-order valence-electron chi connectivity index (χ0n) is 10.6. The molecule has 0 saturated heterocycles. The number of alkyl halides is 3. The normalized spacial score (nSPS) is 11.2. The van der Waals surface area contributed by atoms with Gasteiger partial charge in [-0.25, -0.2) is 4.79 Å². The second-order valence-corrected chi connectivity index (χ2v) is 3.96. The van der Waals surface area contributed by atoms with Crippen LogP contribution < -0.4 is 10.1 Å². The van der Waals surface area contributed by atoms with E-state index in [2.05, 4.69) is 15.2 Å². The Hall–Kier alpha value is -2.71. The van der Waals surface area contributed by atoms with Crippen LogP contribution in [0.5, 0.6) is 5.75 Å². The standard InChI is InChI=1S/C12H9F3N2O4/c1-6-9(16-11(18)19)10(17-21-6)7-2-4-8(5-3-7)20-12(13,14)15/h2-5,16H,1H3,(H,18,19). The Morgan fingerprint density at radius 2 is 1.95 bits per heavy atom. The minimum atomic E-state index is -4.78. The fraction of sp³-hybridized carbons (Fsp3) is 0.167. The number of aromatic nitrogens is 1. The minimum Gasteiger partial charge on any atom is -0.465 e. The Kier molecular flexibility index (Phi) is 3.74. The molecule has 1 heterocycles. The Labute approximate surface area is 116 Å². The molecule has 0 spiro atoms. The van der Waals surface area contributed by atoms with Crippen molar-refractivity contribution in [1.29, 1.82) is 0 Å². The number of anilines is 1. The van der Waals surface area contributed by atoms with Crippen LogP contribution in [0.4, 0.5) is 23.7 Å². The van der Waals surface area contributed by atoms with Gasteiger partial charge in [0.05, 0.1) is 0 Å². The van der Waals surface area contributed by atoms with Crippen LogP contribution in [-0.2, 0) is 0 Å². The highest BCUT2D eigenvalue weighted by Crippen LogP contribution is 2.32. The molecule has 0 aliphatic heterocycles. The van der Waals surface area contributed by atoms with Crippen LogP contribution >= 0.6 is 0 Å². The van der Waals surface area contributed by atoms with Gasteiger partial charge in [-0.1, -0.05) is 5.16 Å². The molecule has 6 nitrogen and oxygen atoms in total. The van der Waals surface area contributed by atoms with E-state index in [1.165, 1.54) is 19.1 Å². The molecule has 0 aliphatic carbocycles. The van der Waals surface area contributed by atoms with Crippen molar-refractivity contribution in [3.05, 3.63) is 30.0 Å². The SMILES string of the molecule is Cc1onc(-c2ccc(OC(F)(F)F)cc2)c1NC(=O)O. The smallest absolute Gasteiger partial charge is 0.465 e. The van der Waals surface area contributed by atoms with Crippen LogP contribution in [0.1, 0.15) is 5.76 Å². The third kappa shape index (κ3) is 3.65. The second-order valence-electron chi connectivity index (χ2n) is 3.96. The number of nitrogens with zero attached hydrogens (tertiary/aromatic N) is 1. The Morgan fingerprint density at radius 1 is 1.33 bits per heavy atom. The molecular weight excluding hydrogens is 293 g/mol. The highest BCUT2D eigenvalue weighted by molar-refractivity contribution is 5.89. The topological polar surface area (TPSA) is 84.6 Å². The van der Waals surface area contributed by atoms with Crippen molar-refractivity contribution in [3.63, 3.8) is 0 Å². The van der Waals surface area contributed by atoms with Crippen LogP contribution in [0.2, 0.25) is 0 Å². The van der Waals surface area contributed by atoms with E-state index in [0.717, 1.165) is 12.1 Å². The molecule has 21 heavy (non-hydrogen) atoms. The summed E-state index contributed by atoms with van der Waals surface area (Å²) in [6, 6.07) is 4.81. The molecule has 0 aliphatic rings. The van der Waals surface area contributed by atoms with E-state index in [9.17, 15) is 18.0 Å². The van der Waals surface area contributed by atoms with Gasteiger partial charge < -0.3 is 14.4 Å². The van der Waals surface area contributed by atoms with Gasteiger partial charge in [0, 0.05) is 5.56 Å². The zero-order valence-corrected chi connectivity index (χ0v) is 10.6. The lowest BCUT2D eigenvalue weighted by Crippen LogP contribution is -2.16. The number of hydrogen-bond acceptors (Lipinski definition) is 4. The average molecular weight is 302 g/mol. The molecule has 1 aromatic heterocycles. The van der Waals surface area contributed by atoms with E-state index in [1.54, 1.807) is 0 Å². The molecule has 0 saturated carbocycles. The summed E-state index contributed by atoms with van der Waals surface area (Å²) in [5.41, 5.74) is 0.686. The van der Waals surface area contributed by atoms with Crippen molar-refractivity contribution in [2.24, 2.45) is 0 Å². The molecule has 0 bridgehead atoms. The van der Waals surface area contributed by atoms with Gasteiger partial charge in [0.2, 0.25) is 0 Å². The lowest BCUT2D eigenvalue weighted by atomic mass is 10.1. The Balaban J connectivity index is 2.29. The first-order valence-corrected chi connectivity index (χ1v) is 5.58. The lowest BCUT2D eigenvalue weighted by molar-refractivity contribution is -0.274. The summed E-state index contributed by atoms with van der Waals surface area (Å²) < 4.78 is 44.8. The van der Waals surface area contributed by atoms with Crippen molar-refractivity contribution < 1.29 is 32.3 Å². The van der Waals surface area contributed by atoms with E-state index in [4.69, 9.17) is 9.63 Å². The van der Waals surface area contributed by atoms with Gasteiger partial charge in [0.15, 0.2) is 5.76 Å². The molecular formula is C12H9F3N2O4. The van der Waals surface area contributed by atoms with Gasteiger partial charge in [-0.3, -0.25) is 5.32 Å². The van der Waals surface area contributed by atoms with E-state index < -0.39 is 12.5 Å². The molecule has 1 amide bonds. The van der Waals surface area contributed by atoms with E-state index in [-0.39, 0.29) is 22.9 Å². The molecule has 2 N–H and O–H groups in total. The summed E-state index contributed by atoms with van der Waals surface area (Å²) in [5.74, 6) is -0.151. The van der Waals surface area contributed by atoms with Crippen LogP contribution in [0, 0.1) is 6.92 Å². The summed E-state index contributed by atoms with van der Waals surface area (Å²) in [6.07, 6.45) is -6.08. The van der Waals surface area contributed by atoms with Gasteiger partial charge in [-0.2, -0.15) is 0 Å². The first-order chi connectivity index (χ1) is 9.76. The number of halogens is 3. The quantitative estimate of drug-likeness (QED) is 0.904. The predicted molar refractivity (Wildman–Crippen MR) is 65.0 cm³/mol. The summed E-state index contributed by atoms with van der Waals surface area (Å²) in [6.45, 7) is 1.50. The Bertz CT molecular complexity index is 650. The van der Waals surface area contributed by atoms with Crippen LogP contribution in [0.25, 0.3) is 11.3 Å². The third-order valence-corrected chi connectivity index (χ3v) is 2.46. The largest absolute Gasteiger partial charge is 0.573 e. The van der Waals surface area contributed by atoms with Crippen molar-refractivity contribution >= 4 is 11.8 Å². The van der Waals surface area contributed by atoms with Crippen LogP contribution in [-0.4, -0.2) is 22.7 Å². The number of carbonyl (C=O) groups is 1. The van der Waals surface area contributed by atoms with Crippen molar-refractivity contribution in [1.82, 2.24) is 5.16 Å². The highest BCUT2D eigenvalue weighted by atomic mass is 19.4. The number of carboxylic acid groups (broad SMARTS) is 1. The highest BCUT2D eigenvalue weighted by Gasteiger charge is 2.31. The number of amides is 1. The maximum atomic E-state index is 12.1. The minimum absolute atomic E-state index is 0.131. The van der Waals surface area contributed by atoms with Crippen molar-refractivity contribution in [2.45, 2.75) is 13.3 Å². The van der Waals surface area contributed by atoms with Crippen molar-refractivity contribution in [2.75, 3.05) is 5.32 Å². The monoisotopic (exact) mass is 302 g/mol. The molecule has 0 radical (unpaired) electrons. The van der Waals surface area contributed by atoms with Gasteiger partial charge in [-0.15, -0.1) is 13.2 Å². The molecule has 0 fully saturated rings. The molecule has 1 aromatic carbocycles. The number of ether oxygens (including phenoxy) is 1. The summed E-state index contributed by atoms with van der Waals surface area (Å²) in [7, 11) is 0. The van der Waals surface area contributed by atoms with Crippen LogP contribution in [0.3, 0.4) is 0 Å². The zero-order chi connectivity index (χ0) is 15.6. The number of benzene rings is 1. The molecule has 2 rings (SSSR count). The van der Waals surface area contributed by atoms with E-state index in [0.29, 0.717) is 5.56 Å². The molecule has 9 heteroatoms. The maximum absolute atomic E-state index is 12.1. The molecule has 2 aromatic rings. The van der Waals surface area contributed by atoms with Crippen molar-refractivity contribution in [3.8, 4) is 17.0 Å². The number of aryl methyl sites for hydroxylation is 1. The molecule has 112 valence electrons. The number of nitrogens with one attached hydrogen (secondary N) is 1. The Morgan fingerprint density at radius 3 is 2.48 bits per heavy atom. The molecule has 0 atom stereocenters. The fourth-order valence-electron chi connectivity index (χ4n) is 1.64. The summed E-state index contributed by atoms with van der Waals surface area (Å²) in [4.78, 5) is 10.7. The van der Waals surface area contributed by atoms with Gasteiger partial charge in [0.1, 0.15) is 17.1 Å². The van der Waals surface area contributed by atoms with Gasteiger partial charge in [-0.05, 0) is 31.2 Å². The fourth-order valence-corrected chi connectivity index (χ4v) is 1.64. The van der Waals surface area contributed by atoms with E-state index >= 15 is 0 Å². The van der Waals surface area contributed by atoms with Crippen LogP contribution in [0.15, 0.2) is 28.8 Å². The second kappa shape index (κ2) is 5.35. The number of rotatable bonds is 3.